The average Bonchev–Trinajstić information content (AvgIpc) is 3.18. The van der Waals surface area contributed by atoms with Gasteiger partial charge in [0.05, 0.1) is 5.60 Å². The highest BCUT2D eigenvalue weighted by atomic mass is 16.3. The van der Waals surface area contributed by atoms with Crippen LogP contribution < -0.4 is 10.6 Å². The van der Waals surface area contributed by atoms with E-state index < -0.39 is 5.60 Å². The normalized spacial score (nSPS) is 28.3. The Labute approximate surface area is 157 Å². The summed E-state index contributed by atoms with van der Waals surface area (Å²) in [7, 11) is 0. The van der Waals surface area contributed by atoms with Crippen LogP contribution in [0, 0.1) is 5.92 Å². The van der Waals surface area contributed by atoms with Crippen LogP contribution in [0.2, 0.25) is 0 Å². The Balaban J connectivity index is 1.54. The largest absolute Gasteiger partial charge is 0.385 e. The zero-order valence-corrected chi connectivity index (χ0v) is 15.2. The molecule has 0 spiro atoms. The van der Waals surface area contributed by atoms with Crippen molar-refractivity contribution in [3.05, 3.63) is 48.3 Å². The van der Waals surface area contributed by atoms with E-state index in [4.69, 9.17) is 5.73 Å². The van der Waals surface area contributed by atoms with Crippen molar-refractivity contribution in [2.75, 3.05) is 17.2 Å². The zero-order valence-electron chi connectivity index (χ0n) is 15.2. The number of aromatic nitrogens is 4. The Hall–Kier alpha value is -2.67. The zero-order chi connectivity index (χ0) is 18.4. The first-order chi connectivity index (χ1) is 13.2. The molecule has 3 N–H and O–H groups in total. The van der Waals surface area contributed by atoms with Gasteiger partial charge in [0.25, 0.3) is 0 Å². The second kappa shape index (κ2) is 6.20. The Kier molecular flexibility index (Phi) is 3.79. The minimum atomic E-state index is -0.784. The minimum absolute atomic E-state index is 0.180. The van der Waals surface area contributed by atoms with E-state index in [1.54, 1.807) is 10.7 Å². The van der Waals surface area contributed by atoms with Crippen molar-refractivity contribution in [3.63, 3.8) is 0 Å². The van der Waals surface area contributed by atoms with E-state index in [1.165, 1.54) is 6.42 Å². The van der Waals surface area contributed by atoms with Gasteiger partial charge in [0.15, 0.2) is 5.65 Å². The first kappa shape index (κ1) is 16.5. The smallest absolute Gasteiger partial charge is 0.209 e. The fraction of sp³-hybridized carbons (Fsp3) is 0.450. The number of hydrogen-bond donors (Lipinski definition) is 2. The summed E-state index contributed by atoms with van der Waals surface area (Å²) in [5.74, 6) is 1.41. The van der Waals surface area contributed by atoms with Crippen LogP contribution in [0.25, 0.3) is 5.65 Å². The van der Waals surface area contributed by atoms with Crippen molar-refractivity contribution < 1.29 is 5.11 Å². The summed E-state index contributed by atoms with van der Waals surface area (Å²) in [6.45, 7) is 0.739. The molecule has 0 bridgehead atoms. The van der Waals surface area contributed by atoms with Crippen molar-refractivity contribution in [2.24, 2.45) is 5.92 Å². The van der Waals surface area contributed by atoms with Gasteiger partial charge in [-0.15, -0.1) is 10.2 Å². The van der Waals surface area contributed by atoms with E-state index >= 15 is 0 Å². The van der Waals surface area contributed by atoms with Gasteiger partial charge >= 0.3 is 0 Å². The third kappa shape index (κ3) is 2.56. The van der Waals surface area contributed by atoms with Gasteiger partial charge < -0.3 is 15.7 Å². The van der Waals surface area contributed by atoms with Crippen LogP contribution in [0.3, 0.4) is 0 Å². The molecule has 2 aliphatic rings. The van der Waals surface area contributed by atoms with Crippen molar-refractivity contribution in [3.8, 4) is 0 Å². The first-order valence-corrected chi connectivity index (χ1v) is 9.67. The van der Waals surface area contributed by atoms with Crippen LogP contribution in [0.4, 0.5) is 11.8 Å². The molecule has 1 aromatic carbocycles. The maximum absolute atomic E-state index is 11.7. The number of fused-ring (bicyclic) bond motifs is 2. The van der Waals surface area contributed by atoms with Crippen LogP contribution in [-0.2, 0) is 5.60 Å². The number of nitrogens with two attached hydrogens (primary N) is 1. The molecule has 2 fully saturated rings. The van der Waals surface area contributed by atoms with Crippen LogP contribution >= 0.6 is 0 Å². The van der Waals surface area contributed by atoms with Crippen molar-refractivity contribution >= 4 is 17.4 Å². The van der Waals surface area contributed by atoms with E-state index in [1.807, 2.05) is 24.3 Å². The number of benzene rings is 1. The monoisotopic (exact) mass is 364 g/mol. The average molecular weight is 364 g/mol. The number of nitrogens with zero attached hydrogens (tertiary/aromatic N) is 5. The fourth-order valence-electron chi connectivity index (χ4n) is 5.04. The summed E-state index contributed by atoms with van der Waals surface area (Å²) in [4.78, 5) is 6.94. The summed E-state index contributed by atoms with van der Waals surface area (Å²) < 4.78 is 1.69. The summed E-state index contributed by atoms with van der Waals surface area (Å²) >= 11 is 0. The third-order valence-corrected chi connectivity index (χ3v) is 6.35. The van der Waals surface area contributed by atoms with Crippen molar-refractivity contribution in [1.82, 2.24) is 19.6 Å². The van der Waals surface area contributed by atoms with Crippen LogP contribution in [0.5, 0.6) is 0 Å². The van der Waals surface area contributed by atoms with Crippen LogP contribution in [0.1, 0.15) is 37.7 Å². The maximum atomic E-state index is 11.7. The molecule has 5 rings (SSSR count). The van der Waals surface area contributed by atoms with E-state index in [-0.39, 0.29) is 12.0 Å². The molecule has 3 atom stereocenters. The predicted molar refractivity (Wildman–Crippen MR) is 103 cm³/mol. The van der Waals surface area contributed by atoms with Gasteiger partial charge in [0, 0.05) is 24.6 Å². The second-order valence-corrected chi connectivity index (χ2v) is 7.72. The van der Waals surface area contributed by atoms with E-state index in [9.17, 15) is 5.11 Å². The molecule has 1 aliphatic heterocycles. The highest BCUT2D eigenvalue weighted by Crippen LogP contribution is 2.47. The number of piperidine rings is 1. The number of aliphatic hydroxyl groups is 1. The third-order valence-electron chi connectivity index (χ3n) is 6.35. The van der Waals surface area contributed by atoms with Gasteiger partial charge in [-0.1, -0.05) is 43.2 Å². The lowest BCUT2D eigenvalue weighted by molar-refractivity contribution is -0.0690. The summed E-state index contributed by atoms with van der Waals surface area (Å²) in [6, 6.07) is 12.3. The van der Waals surface area contributed by atoms with Crippen molar-refractivity contribution in [1.29, 1.82) is 0 Å². The molecule has 0 unspecified atom stereocenters. The standard InChI is InChI=1S/C20H24N6O/c21-19-23-17(12-18-24-22-13-26(18)19)25-11-10-20(27,14-6-2-1-3-7-14)15-8-4-5-9-16(15)25/h1-3,6-7,12-13,15-16,27H,4-5,8-11H2,(H2,21,23)/t15-,16+,20+/m0/s1. The molecule has 7 heteroatoms. The lowest BCUT2D eigenvalue weighted by Crippen LogP contribution is -2.57. The molecule has 1 saturated heterocycles. The van der Waals surface area contributed by atoms with Crippen molar-refractivity contribution in [2.45, 2.75) is 43.7 Å². The van der Waals surface area contributed by atoms with Gasteiger partial charge in [-0.3, -0.25) is 4.40 Å². The maximum Gasteiger partial charge on any atom is 0.209 e. The molecule has 7 nitrogen and oxygen atoms in total. The molecule has 27 heavy (non-hydrogen) atoms. The first-order valence-electron chi connectivity index (χ1n) is 9.67. The Morgan fingerprint density at radius 3 is 2.81 bits per heavy atom. The fourth-order valence-corrected chi connectivity index (χ4v) is 5.04. The molecule has 3 aromatic rings. The molecule has 140 valence electrons. The lowest BCUT2D eigenvalue weighted by atomic mass is 9.66. The van der Waals surface area contributed by atoms with Gasteiger partial charge in [-0.25, -0.2) is 0 Å². The molecule has 0 radical (unpaired) electrons. The van der Waals surface area contributed by atoms with Gasteiger partial charge in [-0.2, -0.15) is 4.98 Å². The predicted octanol–water partition coefficient (Wildman–Crippen LogP) is 2.36. The highest BCUT2D eigenvalue weighted by molar-refractivity contribution is 5.56. The summed E-state index contributed by atoms with van der Waals surface area (Å²) in [5, 5.41) is 19.8. The van der Waals surface area contributed by atoms with E-state index in [2.05, 4.69) is 32.2 Å². The summed E-state index contributed by atoms with van der Waals surface area (Å²) in [6.07, 6.45) is 6.66. The van der Waals surface area contributed by atoms with Crippen LogP contribution in [0.15, 0.2) is 42.7 Å². The molecule has 3 heterocycles. The lowest BCUT2D eigenvalue weighted by Gasteiger charge is -2.53. The number of anilines is 2. The molecule has 1 saturated carbocycles. The van der Waals surface area contributed by atoms with Gasteiger partial charge in [0.2, 0.25) is 5.95 Å². The number of hydrogen-bond acceptors (Lipinski definition) is 6. The number of rotatable bonds is 2. The SMILES string of the molecule is Nc1nc(N2CC[C@@](O)(c3ccccc3)[C@H]3CCCC[C@H]32)cc2nncn12. The van der Waals surface area contributed by atoms with E-state index in [0.29, 0.717) is 18.0 Å². The Morgan fingerprint density at radius 2 is 1.96 bits per heavy atom. The molecule has 2 aromatic heterocycles. The van der Waals surface area contributed by atoms with Gasteiger partial charge in [-0.05, 0) is 24.8 Å². The Bertz CT molecular complexity index is 958. The van der Waals surface area contributed by atoms with Crippen LogP contribution in [-0.4, -0.2) is 37.3 Å². The molecule has 0 amide bonds. The minimum Gasteiger partial charge on any atom is -0.385 e. The quantitative estimate of drug-likeness (QED) is 0.725. The second-order valence-electron chi connectivity index (χ2n) is 7.72. The molecular weight excluding hydrogens is 340 g/mol. The number of nitrogen functional groups attached to an aromatic ring is 1. The molecule has 1 aliphatic carbocycles. The van der Waals surface area contributed by atoms with Gasteiger partial charge in [0.1, 0.15) is 12.1 Å². The van der Waals surface area contributed by atoms with E-state index in [0.717, 1.165) is 37.2 Å². The summed E-state index contributed by atoms with van der Waals surface area (Å²) in [5.41, 5.74) is 7.06. The molecular formula is C20H24N6O. The Morgan fingerprint density at radius 1 is 1.15 bits per heavy atom. The highest BCUT2D eigenvalue weighted by Gasteiger charge is 2.49. The topological polar surface area (TPSA) is 92.6 Å².